The SMILES string of the molecule is CN(CCOc1cccc(C#CCN)c1)C1CCCC1. The smallest absolute Gasteiger partial charge is 0.120 e. The molecule has 2 N–H and O–H groups in total. The van der Waals surface area contributed by atoms with E-state index in [1.54, 1.807) is 0 Å². The van der Waals surface area contributed by atoms with Gasteiger partial charge in [0.15, 0.2) is 0 Å². The summed E-state index contributed by atoms with van der Waals surface area (Å²) in [7, 11) is 2.20. The highest BCUT2D eigenvalue weighted by atomic mass is 16.5. The van der Waals surface area contributed by atoms with Crippen LogP contribution >= 0.6 is 0 Å². The third-order valence-corrected chi connectivity index (χ3v) is 3.83. The largest absolute Gasteiger partial charge is 0.492 e. The summed E-state index contributed by atoms with van der Waals surface area (Å²) in [6, 6.07) is 8.64. The Kier molecular flexibility index (Phi) is 5.91. The summed E-state index contributed by atoms with van der Waals surface area (Å²) >= 11 is 0. The molecule has 0 amide bonds. The first-order valence-electron chi connectivity index (χ1n) is 7.41. The normalized spacial score (nSPS) is 15.2. The van der Waals surface area contributed by atoms with Gasteiger partial charge in [-0.2, -0.15) is 0 Å². The van der Waals surface area contributed by atoms with Crippen LogP contribution in [0.25, 0.3) is 0 Å². The second-order valence-corrected chi connectivity index (χ2v) is 5.30. The van der Waals surface area contributed by atoms with E-state index in [-0.39, 0.29) is 0 Å². The van der Waals surface area contributed by atoms with Gasteiger partial charge in [0, 0.05) is 18.2 Å². The van der Waals surface area contributed by atoms with Crippen molar-refractivity contribution < 1.29 is 4.74 Å². The van der Waals surface area contributed by atoms with Gasteiger partial charge in [-0.15, -0.1) is 0 Å². The lowest BCUT2D eigenvalue weighted by Crippen LogP contribution is -2.32. The summed E-state index contributed by atoms with van der Waals surface area (Å²) in [5.41, 5.74) is 6.33. The number of benzene rings is 1. The number of hydrogen-bond acceptors (Lipinski definition) is 3. The summed E-state index contributed by atoms with van der Waals surface area (Å²) in [6.07, 6.45) is 5.41. The van der Waals surface area contributed by atoms with E-state index >= 15 is 0 Å². The summed E-state index contributed by atoms with van der Waals surface area (Å²) in [5.74, 6) is 6.76. The fraction of sp³-hybridized carbons (Fsp3) is 0.529. The highest BCUT2D eigenvalue weighted by Gasteiger charge is 2.18. The molecule has 0 radical (unpaired) electrons. The lowest BCUT2D eigenvalue weighted by atomic mass is 10.2. The minimum Gasteiger partial charge on any atom is -0.492 e. The van der Waals surface area contributed by atoms with Crippen molar-refractivity contribution in [3.8, 4) is 17.6 Å². The number of rotatable bonds is 5. The zero-order chi connectivity index (χ0) is 14.2. The molecule has 3 heteroatoms. The molecule has 2 rings (SSSR count). The quantitative estimate of drug-likeness (QED) is 0.836. The first kappa shape index (κ1) is 14.9. The number of hydrogen-bond donors (Lipinski definition) is 1. The Morgan fingerprint density at radius 3 is 2.90 bits per heavy atom. The first-order chi connectivity index (χ1) is 9.79. The van der Waals surface area contributed by atoms with Crippen LogP contribution in [0, 0.1) is 11.8 Å². The molecular formula is C17H24N2O. The van der Waals surface area contributed by atoms with Crippen LogP contribution in [0.5, 0.6) is 5.75 Å². The van der Waals surface area contributed by atoms with Gasteiger partial charge in [-0.05, 0) is 38.1 Å². The monoisotopic (exact) mass is 272 g/mol. The van der Waals surface area contributed by atoms with Gasteiger partial charge < -0.3 is 15.4 Å². The fourth-order valence-corrected chi connectivity index (χ4v) is 2.65. The lowest BCUT2D eigenvalue weighted by molar-refractivity contribution is 0.193. The Labute approximate surface area is 122 Å². The fourth-order valence-electron chi connectivity index (χ4n) is 2.65. The van der Waals surface area contributed by atoms with Crippen LogP contribution in [0.1, 0.15) is 31.2 Å². The maximum Gasteiger partial charge on any atom is 0.120 e. The maximum atomic E-state index is 5.82. The topological polar surface area (TPSA) is 38.5 Å². The van der Waals surface area contributed by atoms with E-state index in [9.17, 15) is 0 Å². The number of likely N-dealkylation sites (N-methyl/N-ethyl adjacent to an activating group) is 1. The van der Waals surface area contributed by atoms with E-state index < -0.39 is 0 Å². The van der Waals surface area contributed by atoms with Crippen LogP contribution < -0.4 is 10.5 Å². The summed E-state index contributed by atoms with van der Waals surface area (Å²) in [5, 5.41) is 0. The highest BCUT2D eigenvalue weighted by Crippen LogP contribution is 2.22. The van der Waals surface area contributed by atoms with E-state index in [1.807, 2.05) is 24.3 Å². The molecule has 20 heavy (non-hydrogen) atoms. The van der Waals surface area contributed by atoms with Crippen LogP contribution in [-0.4, -0.2) is 37.7 Å². The van der Waals surface area contributed by atoms with Crippen molar-refractivity contribution in [3.05, 3.63) is 29.8 Å². The van der Waals surface area contributed by atoms with Crippen LogP contribution in [0.3, 0.4) is 0 Å². The van der Waals surface area contributed by atoms with Gasteiger partial charge in [0.05, 0.1) is 6.54 Å². The van der Waals surface area contributed by atoms with Crippen LogP contribution in [0.4, 0.5) is 0 Å². The molecule has 1 aliphatic carbocycles. The third kappa shape index (κ3) is 4.56. The van der Waals surface area contributed by atoms with Crippen LogP contribution in [-0.2, 0) is 0 Å². The molecule has 1 fully saturated rings. The second kappa shape index (κ2) is 7.94. The van der Waals surface area contributed by atoms with Gasteiger partial charge in [-0.25, -0.2) is 0 Å². The van der Waals surface area contributed by atoms with E-state index in [1.165, 1.54) is 25.7 Å². The predicted molar refractivity (Wildman–Crippen MR) is 82.8 cm³/mol. The van der Waals surface area contributed by atoms with E-state index in [4.69, 9.17) is 10.5 Å². The Bertz CT molecular complexity index is 469. The second-order valence-electron chi connectivity index (χ2n) is 5.30. The Morgan fingerprint density at radius 1 is 1.35 bits per heavy atom. The van der Waals surface area contributed by atoms with Crippen LogP contribution in [0.2, 0.25) is 0 Å². The van der Waals surface area contributed by atoms with Crippen molar-refractivity contribution in [2.75, 3.05) is 26.7 Å². The molecule has 1 saturated carbocycles. The number of nitrogens with two attached hydrogens (primary N) is 1. The van der Waals surface area contributed by atoms with Gasteiger partial charge in [0.25, 0.3) is 0 Å². The number of ether oxygens (including phenoxy) is 1. The Morgan fingerprint density at radius 2 is 2.15 bits per heavy atom. The van der Waals surface area contributed by atoms with Gasteiger partial charge in [0.1, 0.15) is 12.4 Å². The molecule has 0 bridgehead atoms. The zero-order valence-electron chi connectivity index (χ0n) is 12.3. The van der Waals surface area contributed by atoms with E-state index in [2.05, 4.69) is 23.8 Å². The Balaban J connectivity index is 1.78. The molecule has 0 heterocycles. The van der Waals surface area contributed by atoms with Crippen molar-refractivity contribution in [1.29, 1.82) is 0 Å². The average molecular weight is 272 g/mol. The minimum atomic E-state index is 0.386. The van der Waals surface area contributed by atoms with E-state index in [0.717, 1.165) is 30.5 Å². The predicted octanol–water partition coefficient (Wildman–Crippen LogP) is 2.25. The molecule has 1 aliphatic rings. The molecule has 0 aromatic heterocycles. The van der Waals surface area contributed by atoms with Crippen molar-refractivity contribution in [2.45, 2.75) is 31.7 Å². The minimum absolute atomic E-state index is 0.386. The molecule has 0 saturated heterocycles. The lowest BCUT2D eigenvalue weighted by Gasteiger charge is -2.23. The van der Waals surface area contributed by atoms with Crippen molar-refractivity contribution in [2.24, 2.45) is 5.73 Å². The third-order valence-electron chi connectivity index (χ3n) is 3.83. The standard InChI is InChI=1S/C17H24N2O/c1-19(16-8-2-3-9-16)12-13-20-17-10-4-6-15(14-17)7-5-11-18/h4,6,10,14,16H,2-3,8-9,11-13,18H2,1H3. The molecule has 108 valence electrons. The van der Waals surface area contributed by atoms with Gasteiger partial charge in [-0.3, -0.25) is 0 Å². The Hall–Kier alpha value is -1.50. The molecule has 1 aromatic carbocycles. The molecule has 3 nitrogen and oxygen atoms in total. The van der Waals surface area contributed by atoms with Crippen LogP contribution in [0.15, 0.2) is 24.3 Å². The molecule has 0 atom stereocenters. The molecule has 0 spiro atoms. The summed E-state index contributed by atoms with van der Waals surface area (Å²) in [4.78, 5) is 2.42. The molecule has 0 unspecified atom stereocenters. The average Bonchev–Trinajstić information content (AvgIpc) is 3.00. The van der Waals surface area contributed by atoms with Crippen molar-refractivity contribution in [3.63, 3.8) is 0 Å². The first-order valence-corrected chi connectivity index (χ1v) is 7.41. The zero-order valence-corrected chi connectivity index (χ0v) is 12.3. The van der Waals surface area contributed by atoms with Gasteiger partial charge >= 0.3 is 0 Å². The molecule has 1 aromatic rings. The molecule has 0 aliphatic heterocycles. The number of nitrogens with zero attached hydrogens (tertiary/aromatic N) is 1. The summed E-state index contributed by atoms with van der Waals surface area (Å²) in [6.45, 7) is 2.08. The summed E-state index contributed by atoms with van der Waals surface area (Å²) < 4.78 is 5.82. The van der Waals surface area contributed by atoms with Crippen molar-refractivity contribution in [1.82, 2.24) is 4.90 Å². The highest BCUT2D eigenvalue weighted by molar-refractivity contribution is 5.39. The van der Waals surface area contributed by atoms with Gasteiger partial charge in [-0.1, -0.05) is 30.7 Å². The maximum absolute atomic E-state index is 5.82. The van der Waals surface area contributed by atoms with Gasteiger partial charge in [0.2, 0.25) is 0 Å². The van der Waals surface area contributed by atoms with E-state index in [0.29, 0.717) is 6.54 Å². The van der Waals surface area contributed by atoms with Crippen molar-refractivity contribution >= 4 is 0 Å². The molecular weight excluding hydrogens is 248 g/mol.